The van der Waals surface area contributed by atoms with Gasteiger partial charge in [0.05, 0.1) is 0 Å². The fourth-order valence-electron chi connectivity index (χ4n) is 2.59. The number of nitrogens with zero attached hydrogens (tertiary/aromatic N) is 2. The average Bonchev–Trinajstić information content (AvgIpc) is 2.57. The summed E-state index contributed by atoms with van der Waals surface area (Å²) in [6, 6.07) is 4.51. The largest absolute Gasteiger partial charge is 0.444 e. The third kappa shape index (κ3) is 4.27. The smallest absolute Gasteiger partial charge is 0.410 e. The van der Waals surface area contributed by atoms with Gasteiger partial charge >= 0.3 is 6.09 Å². The number of halogens is 1. The van der Waals surface area contributed by atoms with E-state index < -0.39 is 5.60 Å². The zero-order chi connectivity index (χ0) is 16.5. The molecule has 0 unspecified atom stereocenters. The molecular formula is C17H25IN2O2. The number of hydrogen-bond donors (Lipinski definition) is 0. The summed E-state index contributed by atoms with van der Waals surface area (Å²) in [5.74, 6) is 0. The van der Waals surface area contributed by atoms with E-state index in [0.29, 0.717) is 0 Å². The lowest BCUT2D eigenvalue weighted by Crippen LogP contribution is -2.38. The van der Waals surface area contributed by atoms with Gasteiger partial charge in [0, 0.05) is 36.4 Å². The summed E-state index contributed by atoms with van der Waals surface area (Å²) in [4.78, 5) is 16.2. The minimum absolute atomic E-state index is 0.206. The van der Waals surface area contributed by atoms with Gasteiger partial charge in [-0.05, 0) is 79.5 Å². The summed E-state index contributed by atoms with van der Waals surface area (Å²) >= 11 is 2.38. The van der Waals surface area contributed by atoms with Gasteiger partial charge in [-0.3, -0.25) is 0 Å². The van der Waals surface area contributed by atoms with Crippen LogP contribution in [0.1, 0.15) is 31.9 Å². The van der Waals surface area contributed by atoms with E-state index in [1.54, 1.807) is 0 Å². The lowest BCUT2D eigenvalue weighted by atomic mass is 10.0. The molecule has 1 aromatic rings. The molecule has 0 N–H and O–H groups in total. The molecule has 1 heterocycles. The Morgan fingerprint density at radius 1 is 1.18 bits per heavy atom. The van der Waals surface area contributed by atoms with Crippen molar-refractivity contribution in [2.75, 3.05) is 32.1 Å². The maximum Gasteiger partial charge on any atom is 0.410 e. The van der Waals surface area contributed by atoms with Crippen molar-refractivity contribution < 1.29 is 9.53 Å². The second-order valence-corrected chi connectivity index (χ2v) is 8.10. The number of carbonyl (C=O) groups excluding carboxylic acids is 1. The van der Waals surface area contributed by atoms with Crippen LogP contribution in [0.3, 0.4) is 0 Å². The predicted molar refractivity (Wildman–Crippen MR) is 98.7 cm³/mol. The normalized spacial score (nSPS) is 15.1. The average molecular weight is 416 g/mol. The Morgan fingerprint density at radius 3 is 2.23 bits per heavy atom. The Bertz CT molecular complexity index is 565. The number of rotatable bonds is 1. The molecule has 4 nitrogen and oxygen atoms in total. The van der Waals surface area contributed by atoms with Crippen molar-refractivity contribution in [3.63, 3.8) is 0 Å². The highest BCUT2D eigenvalue weighted by atomic mass is 127. The van der Waals surface area contributed by atoms with Gasteiger partial charge in [0.25, 0.3) is 0 Å². The predicted octanol–water partition coefficient (Wildman–Crippen LogP) is 3.69. The lowest BCUT2D eigenvalue weighted by molar-refractivity contribution is 0.0258. The van der Waals surface area contributed by atoms with Gasteiger partial charge in [-0.15, -0.1) is 0 Å². The molecule has 0 aromatic heterocycles. The van der Waals surface area contributed by atoms with Crippen LogP contribution in [0.2, 0.25) is 0 Å². The molecule has 0 aliphatic carbocycles. The van der Waals surface area contributed by atoms with Crippen molar-refractivity contribution in [1.82, 2.24) is 4.90 Å². The van der Waals surface area contributed by atoms with Crippen LogP contribution >= 0.6 is 22.6 Å². The van der Waals surface area contributed by atoms with Crippen LogP contribution in [0.4, 0.5) is 10.5 Å². The van der Waals surface area contributed by atoms with E-state index >= 15 is 0 Å². The highest BCUT2D eigenvalue weighted by molar-refractivity contribution is 14.1. The molecule has 22 heavy (non-hydrogen) atoms. The van der Waals surface area contributed by atoms with E-state index in [0.717, 1.165) is 25.9 Å². The Kier molecular flexibility index (Phi) is 5.25. The van der Waals surface area contributed by atoms with Gasteiger partial charge in [0.2, 0.25) is 0 Å². The number of amides is 1. The highest BCUT2D eigenvalue weighted by Crippen LogP contribution is 2.28. The number of hydrogen-bond acceptors (Lipinski definition) is 3. The summed E-state index contributed by atoms with van der Waals surface area (Å²) in [5, 5.41) is 0. The number of carbonyl (C=O) groups is 1. The second kappa shape index (κ2) is 6.64. The first-order chi connectivity index (χ1) is 10.2. The molecule has 5 heteroatoms. The molecule has 0 bridgehead atoms. The van der Waals surface area contributed by atoms with E-state index in [4.69, 9.17) is 4.74 Å². The summed E-state index contributed by atoms with van der Waals surface area (Å²) in [5.41, 5.74) is 3.49. The molecule has 0 atom stereocenters. The number of anilines is 1. The van der Waals surface area contributed by atoms with Crippen molar-refractivity contribution in [3.05, 3.63) is 26.8 Å². The Hall–Kier alpha value is -0.980. The van der Waals surface area contributed by atoms with E-state index in [1.807, 2.05) is 25.7 Å². The molecule has 0 fully saturated rings. The first kappa shape index (κ1) is 17.4. The molecule has 0 spiro atoms. The molecule has 122 valence electrons. The van der Waals surface area contributed by atoms with Crippen LogP contribution in [0.15, 0.2) is 12.1 Å². The first-order valence-electron chi connectivity index (χ1n) is 7.64. The topological polar surface area (TPSA) is 32.8 Å². The number of fused-ring (bicyclic) bond motifs is 1. The van der Waals surface area contributed by atoms with E-state index in [1.165, 1.54) is 20.4 Å². The van der Waals surface area contributed by atoms with Crippen molar-refractivity contribution in [2.45, 2.75) is 39.2 Å². The summed E-state index contributed by atoms with van der Waals surface area (Å²) in [6.45, 7) is 7.16. The fourth-order valence-corrected chi connectivity index (χ4v) is 3.60. The quantitative estimate of drug-likeness (QED) is 0.655. The van der Waals surface area contributed by atoms with Crippen LogP contribution in [0.25, 0.3) is 0 Å². The van der Waals surface area contributed by atoms with Gasteiger partial charge in [-0.1, -0.05) is 0 Å². The zero-order valence-electron chi connectivity index (χ0n) is 14.1. The van der Waals surface area contributed by atoms with Gasteiger partial charge < -0.3 is 14.5 Å². The third-order valence-electron chi connectivity index (χ3n) is 3.70. The molecule has 1 aliphatic rings. The van der Waals surface area contributed by atoms with Crippen molar-refractivity contribution >= 4 is 34.4 Å². The molecule has 2 rings (SSSR count). The lowest BCUT2D eigenvalue weighted by Gasteiger charge is -2.26. The van der Waals surface area contributed by atoms with Crippen molar-refractivity contribution in [2.24, 2.45) is 0 Å². The van der Waals surface area contributed by atoms with Crippen LogP contribution < -0.4 is 4.90 Å². The molecule has 0 saturated heterocycles. The molecule has 0 radical (unpaired) electrons. The van der Waals surface area contributed by atoms with Crippen molar-refractivity contribution in [3.8, 4) is 0 Å². The monoisotopic (exact) mass is 416 g/mol. The molecule has 1 aliphatic heterocycles. The Balaban J connectivity index is 2.15. The summed E-state index contributed by atoms with van der Waals surface area (Å²) in [6.07, 6.45) is 1.56. The van der Waals surface area contributed by atoms with E-state index in [9.17, 15) is 4.79 Å². The van der Waals surface area contributed by atoms with Crippen LogP contribution in [-0.2, 0) is 17.6 Å². The summed E-state index contributed by atoms with van der Waals surface area (Å²) in [7, 11) is 4.13. The fraction of sp³-hybridized carbons (Fsp3) is 0.588. The van der Waals surface area contributed by atoms with Crippen LogP contribution in [0.5, 0.6) is 0 Å². The second-order valence-electron chi connectivity index (χ2n) is 6.93. The van der Waals surface area contributed by atoms with Crippen LogP contribution in [0, 0.1) is 3.57 Å². The molecule has 1 aromatic carbocycles. The Labute approximate surface area is 146 Å². The number of benzene rings is 1. The van der Waals surface area contributed by atoms with Crippen LogP contribution in [-0.4, -0.2) is 43.8 Å². The standard InChI is InChI=1S/C17H25IN2O2/c1-17(2,3)22-16(21)20-8-6-12-10-14(18)15(19(4)5)11-13(12)7-9-20/h10-11H,6-9H2,1-5H3. The number of ether oxygens (including phenoxy) is 1. The first-order valence-corrected chi connectivity index (χ1v) is 8.72. The zero-order valence-corrected chi connectivity index (χ0v) is 16.2. The van der Waals surface area contributed by atoms with Gasteiger partial charge in [0.15, 0.2) is 0 Å². The molecule has 0 saturated carbocycles. The summed E-state index contributed by atoms with van der Waals surface area (Å²) < 4.78 is 6.75. The maximum absolute atomic E-state index is 12.3. The van der Waals surface area contributed by atoms with E-state index in [-0.39, 0.29) is 6.09 Å². The molecule has 1 amide bonds. The highest BCUT2D eigenvalue weighted by Gasteiger charge is 2.24. The minimum atomic E-state index is -0.441. The maximum atomic E-state index is 12.3. The molecular weight excluding hydrogens is 391 g/mol. The van der Waals surface area contributed by atoms with Gasteiger partial charge in [-0.2, -0.15) is 0 Å². The van der Waals surface area contributed by atoms with Gasteiger partial charge in [-0.25, -0.2) is 4.79 Å². The Morgan fingerprint density at radius 2 is 1.73 bits per heavy atom. The van der Waals surface area contributed by atoms with Gasteiger partial charge in [0.1, 0.15) is 5.60 Å². The minimum Gasteiger partial charge on any atom is -0.444 e. The SMILES string of the molecule is CN(C)c1cc2c(cc1I)CCN(C(=O)OC(C)(C)C)CC2. The van der Waals surface area contributed by atoms with E-state index in [2.05, 4.69) is 53.7 Å². The third-order valence-corrected chi connectivity index (χ3v) is 4.57. The van der Waals surface area contributed by atoms with Crippen molar-refractivity contribution in [1.29, 1.82) is 0 Å².